The number of alkyl carbamates (subject to hydrolysis) is 1. The van der Waals surface area contributed by atoms with Gasteiger partial charge in [-0.05, 0) is 53.4 Å². The van der Waals surface area contributed by atoms with E-state index in [1.54, 1.807) is 0 Å². The van der Waals surface area contributed by atoms with Crippen LogP contribution in [0.1, 0.15) is 56.1 Å². The zero-order valence-corrected chi connectivity index (χ0v) is 20.2. The SMILES string of the molecule is CC(CCNC(=O)[C@H]1CCC[C@H]1CNC(=O)OCC1c2ccccc2-c2ccccc21)CC(=O)O. The van der Waals surface area contributed by atoms with Crippen LogP contribution in [-0.4, -0.2) is 42.8 Å². The normalized spacial score (nSPS) is 19.5. The molecule has 4 rings (SSSR count). The standard InChI is InChI=1S/C28H34N2O5/c1-18(15-26(31)32)13-14-29-27(33)20-12-6-7-19(20)16-30-28(34)35-17-25-23-10-4-2-8-21(23)22-9-3-5-11-24(22)25/h2-5,8-11,18-20,25H,6-7,12-17H2,1H3,(H,29,33)(H,30,34)(H,31,32)/t18?,19-,20-/m0/s1. The number of rotatable bonds is 10. The summed E-state index contributed by atoms with van der Waals surface area (Å²) in [6.45, 7) is 3.01. The summed E-state index contributed by atoms with van der Waals surface area (Å²) in [4.78, 5) is 36.0. The maximum atomic E-state index is 12.7. The van der Waals surface area contributed by atoms with E-state index in [0.29, 0.717) is 19.5 Å². The fraction of sp³-hybridized carbons (Fsp3) is 0.464. The molecule has 2 aromatic carbocycles. The van der Waals surface area contributed by atoms with E-state index >= 15 is 0 Å². The van der Waals surface area contributed by atoms with E-state index < -0.39 is 12.1 Å². The molecular weight excluding hydrogens is 444 g/mol. The summed E-state index contributed by atoms with van der Waals surface area (Å²) in [5.41, 5.74) is 4.72. The summed E-state index contributed by atoms with van der Waals surface area (Å²) in [5.74, 6) is -0.863. The summed E-state index contributed by atoms with van der Waals surface area (Å²) in [6.07, 6.45) is 2.91. The molecule has 2 amide bonds. The Morgan fingerprint density at radius 3 is 2.31 bits per heavy atom. The Balaban J connectivity index is 1.24. The molecule has 0 heterocycles. The number of ether oxygens (including phenoxy) is 1. The molecule has 2 aliphatic rings. The van der Waals surface area contributed by atoms with Crippen molar-refractivity contribution in [2.24, 2.45) is 17.8 Å². The Kier molecular flexibility index (Phi) is 8.06. The number of nitrogens with one attached hydrogen (secondary N) is 2. The van der Waals surface area contributed by atoms with E-state index in [1.807, 2.05) is 31.2 Å². The van der Waals surface area contributed by atoms with Crippen LogP contribution in [0.5, 0.6) is 0 Å². The first-order valence-electron chi connectivity index (χ1n) is 12.5. The molecule has 1 fully saturated rings. The molecule has 3 atom stereocenters. The fourth-order valence-corrected chi connectivity index (χ4v) is 5.46. The highest BCUT2D eigenvalue weighted by Gasteiger charge is 2.33. The Morgan fingerprint density at radius 2 is 1.66 bits per heavy atom. The lowest BCUT2D eigenvalue weighted by Crippen LogP contribution is -2.38. The molecule has 3 N–H and O–H groups in total. The zero-order valence-electron chi connectivity index (χ0n) is 20.2. The van der Waals surface area contributed by atoms with Gasteiger partial charge >= 0.3 is 12.1 Å². The highest BCUT2D eigenvalue weighted by Crippen LogP contribution is 2.44. The molecule has 0 spiro atoms. The number of benzene rings is 2. The molecule has 186 valence electrons. The van der Waals surface area contributed by atoms with Gasteiger partial charge in [-0.1, -0.05) is 61.9 Å². The minimum absolute atomic E-state index is 0.00985. The van der Waals surface area contributed by atoms with Crippen molar-refractivity contribution in [1.82, 2.24) is 10.6 Å². The second kappa shape index (κ2) is 11.4. The minimum atomic E-state index is -0.820. The van der Waals surface area contributed by atoms with Crippen LogP contribution in [0.2, 0.25) is 0 Å². The quantitative estimate of drug-likeness (QED) is 0.464. The zero-order chi connectivity index (χ0) is 24.8. The number of carboxylic acid groups (broad SMARTS) is 1. The van der Waals surface area contributed by atoms with Gasteiger partial charge in [-0.2, -0.15) is 0 Å². The molecule has 7 heteroatoms. The number of hydrogen-bond acceptors (Lipinski definition) is 4. The van der Waals surface area contributed by atoms with Crippen LogP contribution < -0.4 is 10.6 Å². The summed E-state index contributed by atoms with van der Waals surface area (Å²) in [5, 5.41) is 14.7. The third-order valence-corrected chi connectivity index (χ3v) is 7.31. The lowest BCUT2D eigenvalue weighted by molar-refractivity contribution is -0.138. The van der Waals surface area contributed by atoms with Gasteiger partial charge in [0, 0.05) is 31.3 Å². The average Bonchev–Trinajstić information content (AvgIpc) is 3.44. The lowest BCUT2D eigenvalue weighted by atomic mass is 9.95. The number of carbonyl (C=O) groups excluding carboxylic acids is 2. The molecule has 0 aromatic heterocycles. The van der Waals surface area contributed by atoms with Gasteiger partial charge in [0.2, 0.25) is 5.91 Å². The third kappa shape index (κ3) is 6.02. The van der Waals surface area contributed by atoms with E-state index in [0.717, 1.165) is 19.3 Å². The molecule has 2 aromatic rings. The molecular formula is C28H34N2O5. The van der Waals surface area contributed by atoms with Crippen molar-refractivity contribution < 1.29 is 24.2 Å². The molecule has 1 saturated carbocycles. The van der Waals surface area contributed by atoms with Gasteiger partial charge in [0.05, 0.1) is 0 Å². The first kappa shape index (κ1) is 24.8. The van der Waals surface area contributed by atoms with Crippen molar-refractivity contribution in [3.05, 3.63) is 59.7 Å². The molecule has 7 nitrogen and oxygen atoms in total. The van der Waals surface area contributed by atoms with Crippen molar-refractivity contribution in [3.8, 4) is 11.1 Å². The van der Waals surface area contributed by atoms with Crippen LogP contribution in [0.3, 0.4) is 0 Å². The van der Waals surface area contributed by atoms with Crippen molar-refractivity contribution in [1.29, 1.82) is 0 Å². The maximum absolute atomic E-state index is 12.7. The van der Waals surface area contributed by atoms with E-state index in [9.17, 15) is 14.4 Å². The van der Waals surface area contributed by atoms with Crippen LogP contribution in [0.25, 0.3) is 11.1 Å². The van der Waals surface area contributed by atoms with Crippen molar-refractivity contribution in [3.63, 3.8) is 0 Å². The lowest BCUT2D eigenvalue weighted by Gasteiger charge is -2.20. The third-order valence-electron chi connectivity index (χ3n) is 7.31. The second-order valence-corrected chi connectivity index (χ2v) is 9.79. The number of hydrogen-bond donors (Lipinski definition) is 3. The first-order valence-corrected chi connectivity index (χ1v) is 12.5. The Labute approximate surface area is 206 Å². The van der Waals surface area contributed by atoms with Gasteiger partial charge in [0.25, 0.3) is 0 Å². The molecule has 0 radical (unpaired) electrons. The van der Waals surface area contributed by atoms with E-state index in [4.69, 9.17) is 9.84 Å². The van der Waals surface area contributed by atoms with Crippen LogP contribution in [0, 0.1) is 17.8 Å². The van der Waals surface area contributed by atoms with Gasteiger partial charge in [-0.25, -0.2) is 4.79 Å². The van der Waals surface area contributed by atoms with Gasteiger partial charge in [0.15, 0.2) is 0 Å². The van der Waals surface area contributed by atoms with E-state index in [-0.39, 0.29) is 42.6 Å². The summed E-state index contributed by atoms with van der Waals surface area (Å²) in [6, 6.07) is 16.5. The Bertz CT molecular complexity index is 1020. The van der Waals surface area contributed by atoms with Crippen molar-refractivity contribution in [2.45, 2.75) is 44.9 Å². The Morgan fingerprint density at radius 1 is 1.00 bits per heavy atom. The number of carboxylic acids is 1. The van der Waals surface area contributed by atoms with Crippen molar-refractivity contribution >= 4 is 18.0 Å². The molecule has 0 aliphatic heterocycles. The molecule has 35 heavy (non-hydrogen) atoms. The van der Waals surface area contributed by atoms with Crippen LogP contribution in [0.4, 0.5) is 4.79 Å². The van der Waals surface area contributed by atoms with Crippen LogP contribution in [0.15, 0.2) is 48.5 Å². The topological polar surface area (TPSA) is 105 Å². The number of aliphatic carboxylic acids is 1. The summed E-state index contributed by atoms with van der Waals surface area (Å²) in [7, 11) is 0. The number of fused-ring (bicyclic) bond motifs is 3. The Hall–Kier alpha value is -3.35. The monoisotopic (exact) mass is 478 g/mol. The summed E-state index contributed by atoms with van der Waals surface area (Å²) < 4.78 is 5.62. The molecule has 2 aliphatic carbocycles. The summed E-state index contributed by atoms with van der Waals surface area (Å²) >= 11 is 0. The highest BCUT2D eigenvalue weighted by atomic mass is 16.5. The van der Waals surface area contributed by atoms with E-state index in [2.05, 4.69) is 34.9 Å². The van der Waals surface area contributed by atoms with Gasteiger partial charge in [-0.15, -0.1) is 0 Å². The predicted molar refractivity (Wildman–Crippen MR) is 133 cm³/mol. The predicted octanol–water partition coefficient (Wildman–Crippen LogP) is 4.56. The first-order chi connectivity index (χ1) is 16.9. The van der Waals surface area contributed by atoms with Gasteiger partial charge < -0.3 is 20.5 Å². The minimum Gasteiger partial charge on any atom is -0.481 e. The fourth-order valence-electron chi connectivity index (χ4n) is 5.46. The molecule has 0 bridgehead atoms. The van der Waals surface area contributed by atoms with Crippen LogP contribution in [-0.2, 0) is 14.3 Å². The average molecular weight is 479 g/mol. The smallest absolute Gasteiger partial charge is 0.407 e. The largest absolute Gasteiger partial charge is 0.481 e. The second-order valence-electron chi connectivity index (χ2n) is 9.79. The van der Waals surface area contributed by atoms with E-state index in [1.165, 1.54) is 22.3 Å². The van der Waals surface area contributed by atoms with Crippen LogP contribution >= 0.6 is 0 Å². The van der Waals surface area contributed by atoms with Gasteiger partial charge in [0.1, 0.15) is 6.61 Å². The number of amides is 2. The highest BCUT2D eigenvalue weighted by molar-refractivity contribution is 5.80. The van der Waals surface area contributed by atoms with Crippen molar-refractivity contribution in [2.75, 3.05) is 19.7 Å². The maximum Gasteiger partial charge on any atom is 0.407 e. The van der Waals surface area contributed by atoms with Gasteiger partial charge in [-0.3, -0.25) is 9.59 Å². The number of carbonyl (C=O) groups is 3. The molecule has 1 unspecified atom stereocenters. The molecule has 0 saturated heterocycles.